The number of rotatable bonds is 3. The summed E-state index contributed by atoms with van der Waals surface area (Å²) in [4.78, 5) is 14.3. The van der Waals surface area contributed by atoms with Crippen LogP contribution in [0.3, 0.4) is 0 Å². The molecule has 1 aromatic rings. The highest BCUT2D eigenvalue weighted by Crippen LogP contribution is 2.18. The lowest BCUT2D eigenvalue weighted by molar-refractivity contribution is 0.0683. The van der Waals surface area contributed by atoms with Gasteiger partial charge >= 0.3 is 0 Å². The highest BCUT2D eigenvalue weighted by Gasteiger charge is 2.05. The third-order valence-corrected chi connectivity index (χ3v) is 1.79. The zero-order chi connectivity index (χ0) is 8.97. The number of halogens is 1. The summed E-state index contributed by atoms with van der Waals surface area (Å²) in [6.45, 7) is 1.74. The second-order valence-corrected chi connectivity index (χ2v) is 2.81. The summed E-state index contributed by atoms with van der Waals surface area (Å²) in [5.74, 6) is 0. The Morgan fingerprint density at radius 2 is 2.00 bits per heavy atom. The number of hydrogen-bond donors (Lipinski definition) is 0. The van der Waals surface area contributed by atoms with Crippen molar-refractivity contribution >= 4 is 11.6 Å². The maximum Gasteiger partial charge on any atom is 0.155 e. The van der Waals surface area contributed by atoms with E-state index in [1.807, 2.05) is 0 Å². The van der Waals surface area contributed by atoms with Gasteiger partial charge < -0.3 is 4.84 Å². The van der Waals surface area contributed by atoms with Gasteiger partial charge in [-0.3, -0.25) is 0 Å². The van der Waals surface area contributed by atoms with E-state index in [0.717, 1.165) is 5.56 Å². The molecule has 0 saturated heterocycles. The highest BCUT2D eigenvalue weighted by atomic mass is 35.5. The molecule has 0 aliphatic heterocycles. The van der Waals surface area contributed by atoms with Crippen molar-refractivity contribution in [3.8, 4) is 0 Å². The van der Waals surface area contributed by atoms with E-state index < -0.39 is 0 Å². The normalized spacial score (nSPS) is 12.2. The molecule has 1 atom stereocenters. The van der Waals surface area contributed by atoms with Gasteiger partial charge in [-0.05, 0) is 24.6 Å². The first kappa shape index (κ1) is 9.00. The summed E-state index contributed by atoms with van der Waals surface area (Å²) >= 11 is 5.67. The molecule has 0 bridgehead atoms. The van der Waals surface area contributed by atoms with Gasteiger partial charge in [0.05, 0.1) is 0 Å². The Hall–Kier alpha value is -1.09. The molecule has 0 heterocycles. The molecule has 0 radical (unpaired) electrons. The van der Waals surface area contributed by atoms with Gasteiger partial charge in [0.2, 0.25) is 0 Å². The molecule has 0 aliphatic rings. The minimum absolute atomic E-state index is 0.320. The minimum atomic E-state index is -0.320. The van der Waals surface area contributed by atoms with Crippen LogP contribution in [0.15, 0.2) is 29.6 Å². The van der Waals surface area contributed by atoms with Crippen molar-refractivity contribution in [1.29, 1.82) is 0 Å². The monoisotopic (exact) mass is 185 g/mol. The van der Waals surface area contributed by atoms with Crippen molar-refractivity contribution in [3.05, 3.63) is 39.8 Å². The van der Waals surface area contributed by atoms with Crippen molar-refractivity contribution in [3.63, 3.8) is 0 Å². The van der Waals surface area contributed by atoms with E-state index in [9.17, 15) is 4.91 Å². The zero-order valence-corrected chi connectivity index (χ0v) is 7.28. The molecule has 12 heavy (non-hydrogen) atoms. The molecule has 3 nitrogen and oxygen atoms in total. The van der Waals surface area contributed by atoms with Gasteiger partial charge in [0.25, 0.3) is 0 Å². The Morgan fingerprint density at radius 3 is 2.50 bits per heavy atom. The third-order valence-electron chi connectivity index (χ3n) is 1.54. The van der Waals surface area contributed by atoms with Gasteiger partial charge in [-0.1, -0.05) is 23.7 Å². The smallest absolute Gasteiger partial charge is 0.155 e. The van der Waals surface area contributed by atoms with E-state index in [0.29, 0.717) is 5.02 Å². The summed E-state index contributed by atoms with van der Waals surface area (Å²) in [6.07, 6.45) is -0.320. The maximum atomic E-state index is 9.76. The van der Waals surface area contributed by atoms with E-state index >= 15 is 0 Å². The molecule has 4 heteroatoms. The van der Waals surface area contributed by atoms with Crippen LogP contribution >= 0.6 is 11.6 Å². The number of nitrogens with zero attached hydrogens (tertiary/aromatic N) is 1. The standard InChI is InChI=1S/C8H8ClNO2/c1-6(12-10-11)7-2-4-8(9)5-3-7/h2-6H,1H3. The molecule has 0 aromatic heterocycles. The number of benzene rings is 1. The average molecular weight is 186 g/mol. The predicted molar refractivity (Wildman–Crippen MR) is 46.7 cm³/mol. The van der Waals surface area contributed by atoms with E-state index in [1.165, 1.54) is 0 Å². The summed E-state index contributed by atoms with van der Waals surface area (Å²) in [5.41, 5.74) is 0.874. The zero-order valence-electron chi connectivity index (χ0n) is 6.53. The lowest BCUT2D eigenvalue weighted by Gasteiger charge is -2.06. The quantitative estimate of drug-likeness (QED) is 0.536. The van der Waals surface area contributed by atoms with E-state index in [-0.39, 0.29) is 6.10 Å². The first-order valence-electron chi connectivity index (χ1n) is 3.48. The molecule has 1 unspecified atom stereocenters. The lowest BCUT2D eigenvalue weighted by Crippen LogP contribution is -1.93. The fraction of sp³-hybridized carbons (Fsp3) is 0.250. The second-order valence-electron chi connectivity index (χ2n) is 2.37. The van der Waals surface area contributed by atoms with Crippen LogP contribution in [0.2, 0.25) is 5.02 Å². The lowest BCUT2D eigenvalue weighted by atomic mass is 10.1. The van der Waals surface area contributed by atoms with Crippen LogP contribution in [0.5, 0.6) is 0 Å². The van der Waals surface area contributed by atoms with E-state index in [4.69, 9.17) is 11.6 Å². The molecule has 0 amide bonds. The maximum absolute atomic E-state index is 9.76. The van der Waals surface area contributed by atoms with Crippen LogP contribution in [0.1, 0.15) is 18.6 Å². The van der Waals surface area contributed by atoms with Gasteiger partial charge in [-0.2, -0.15) is 0 Å². The van der Waals surface area contributed by atoms with Crippen molar-refractivity contribution in [2.75, 3.05) is 0 Å². The summed E-state index contributed by atoms with van der Waals surface area (Å²) in [7, 11) is 0. The minimum Gasteiger partial charge on any atom is -0.356 e. The van der Waals surface area contributed by atoms with E-state index in [1.54, 1.807) is 31.2 Å². The van der Waals surface area contributed by atoms with E-state index in [2.05, 4.69) is 10.2 Å². The van der Waals surface area contributed by atoms with Gasteiger partial charge in [0, 0.05) is 5.02 Å². The van der Waals surface area contributed by atoms with Crippen molar-refractivity contribution in [2.45, 2.75) is 13.0 Å². The van der Waals surface area contributed by atoms with Gasteiger partial charge in [-0.15, -0.1) is 4.91 Å². The summed E-state index contributed by atoms with van der Waals surface area (Å²) in [6, 6.07) is 7.06. The number of hydrogen-bond acceptors (Lipinski definition) is 3. The largest absolute Gasteiger partial charge is 0.356 e. The van der Waals surface area contributed by atoms with Crippen LogP contribution in [0.25, 0.3) is 0 Å². The third kappa shape index (κ3) is 2.20. The molecule has 0 aliphatic carbocycles. The van der Waals surface area contributed by atoms with Crippen LogP contribution in [-0.4, -0.2) is 0 Å². The first-order valence-corrected chi connectivity index (χ1v) is 3.86. The van der Waals surface area contributed by atoms with Crippen molar-refractivity contribution in [1.82, 2.24) is 0 Å². The van der Waals surface area contributed by atoms with Gasteiger partial charge in [0.1, 0.15) is 0 Å². The molecule has 0 N–H and O–H groups in total. The molecule has 0 saturated carbocycles. The molecule has 0 fully saturated rings. The van der Waals surface area contributed by atoms with Crippen molar-refractivity contribution < 1.29 is 4.84 Å². The van der Waals surface area contributed by atoms with Crippen molar-refractivity contribution in [2.24, 2.45) is 5.34 Å². The Bertz CT molecular complexity index is 260. The van der Waals surface area contributed by atoms with Crippen LogP contribution < -0.4 is 0 Å². The fourth-order valence-electron chi connectivity index (χ4n) is 0.859. The molecule has 1 rings (SSSR count). The van der Waals surface area contributed by atoms with Crippen LogP contribution in [0, 0.1) is 4.91 Å². The highest BCUT2D eigenvalue weighted by molar-refractivity contribution is 6.30. The summed E-state index contributed by atoms with van der Waals surface area (Å²) < 4.78 is 0. The summed E-state index contributed by atoms with van der Waals surface area (Å²) in [5, 5.41) is 3.01. The molecule has 64 valence electrons. The second kappa shape index (κ2) is 4.07. The first-order chi connectivity index (χ1) is 5.74. The Labute approximate surface area is 75.2 Å². The fourth-order valence-corrected chi connectivity index (χ4v) is 0.985. The average Bonchev–Trinajstić information content (AvgIpc) is 2.06. The molecular weight excluding hydrogens is 178 g/mol. The topological polar surface area (TPSA) is 38.7 Å². The van der Waals surface area contributed by atoms with Gasteiger partial charge in [0.15, 0.2) is 11.4 Å². The predicted octanol–water partition coefficient (Wildman–Crippen LogP) is 3.10. The SMILES string of the molecule is CC(ON=O)c1ccc(Cl)cc1. The Balaban J connectivity index is 2.74. The van der Waals surface area contributed by atoms with Gasteiger partial charge in [-0.25, -0.2) is 0 Å². The molecular formula is C8H8ClNO2. The Kier molecular flexibility index (Phi) is 3.05. The Morgan fingerprint density at radius 1 is 1.42 bits per heavy atom. The molecule has 1 aromatic carbocycles. The van der Waals surface area contributed by atoms with Crippen LogP contribution in [-0.2, 0) is 4.84 Å². The van der Waals surface area contributed by atoms with Crippen LogP contribution in [0.4, 0.5) is 0 Å². The molecule has 0 spiro atoms.